The van der Waals surface area contributed by atoms with Crippen LogP contribution in [0.15, 0.2) is 34.7 Å². The summed E-state index contributed by atoms with van der Waals surface area (Å²) in [6, 6.07) is 9.74. The number of hydrogen-bond acceptors (Lipinski definition) is 6. The molecule has 0 unspecified atom stereocenters. The lowest BCUT2D eigenvalue weighted by atomic mass is 10.2. The summed E-state index contributed by atoms with van der Waals surface area (Å²) in [6.07, 6.45) is 0.451. The average Bonchev–Trinajstić information content (AvgIpc) is 3.09. The fraction of sp³-hybridized carbons (Fsp3) is 0.438. The molecule has 1 saturated heterocycles. The molecule has 1 aromatic carbocycles. The zero-order valence-corrected chi connectivity index (χ0v) is 13.1. The van der Waals surface area contributed by atoms with Crippen LogP contribution in [-0.2, 0) is 11.2 Å². The highest BCUT2D eigenvalue weighted by Crippen LogP contribution is 2.17. The molecule has 1 aromatic heterocycles. The number of nitrogens with zero attached hydrogens (tertiary/aromatic N) is 4. The second kappa shape index (κ2) is 7.23. The molecular weight excluding hydrogens is 296 g/mol. The molecule has 1 aliphatic heterocycles. The van der Waals surface area contributed by atoms with Crippen molar-refractivity contribution in [2.75, 3.05) is 39.8 Å². The Labute approximate surface area is 134 Å². The number of methoxy groups -OCH3 is 1. The zero-order valence-electron chi connectivity index (χ0n) is 13.1. The van der Waals surface area contributed by atoms with E-state index >= 15 is 0 Å². The third kappa shape index (κ3) is 3.87. The van der Waals surface area contributed by atoms with E-state index in [1.807, 2.05) is 30.3 Å². The van der Waals surface area contributed by atoms with Crippen LogP contribution >= 0.6 is 0 Å². The van der Waals surface area contributed by atoms with Gasteiger partial charge in [-0.15, -0.1) is 10.2 Å². The highest BCUT2D eigenvalue weighted by atomic mass is 16.5. The predicted molar refractivity (Wildman–Crippen MR) is 83.9 cm³/mol. The third-order valence-corrected chi connectivity index (χ3v) is 3.93. The third-order valence-electron chi connectivity index (χ3n) is 3.93. The van der Waals surface area contributed by atoms with E-state index < -0.39 is 0 Å². The smallest absolute Gasteiger partial charge is 0.409 e. The maximum absolute atomic E-state index is 11.4. The number of rotatable bonds is 4. The quantitative estimate of drug-likeness (QED) is 0.854. The van der Waals surface area contributed by atoms with Crippen molar-refractivity contribution < 1.29 is 13.9 Å². The second-order valence-electron chi connectivity index (χ2n) is 5.42. The van der Waals surface area contributed by atoms with Crippen molar-refractivity contribution in [1.29, 1.82) is 0 Å². The minimum atomic E-state index is -0.256. The van der Waals surface area contributed by atoms with Gasteiger partial charge in [0.1, 0.15) is 0 Å². The van der Waals surface area contributed by atoms with Crippen LogP contribution in [0.25, 0.3) is 11.5 Å². The molecule has 0 aliphatic carbocycles. The summed E-state index contributed by atoms with van der Waals surface area (Å²) in [7, 11) is 1.41. The first-order chi connectivity index (χ1) is 11.3. The zero-order chi connectivity index (χ0) is 16.1. The molecule has 2 heterocycles. The van der Waals surface area contributed by atoms with E-state index in [1.54, 1.807) is 4.90 Å². The highest BCUT2D eigenvalue weighted by molar-refractivity contribution is 5.67. The Balaban J connectivity index is 1.48. The van der Waals surface area contributed by atoms with Gasteiger partial charge in [-0.05, 0) is 12.1 Å². The van der Waals surface area contributed by atoms with Crippen molar-refractivity contribution in [1.82, 2.24) is 20.0 Å². The van der Waals surface area contributed by atoms with Gasteiger partial charge in [-0.25, -0.2) is 4.79 Å². The van der Waals surface area contributed by atoms with Crippen LogP contribution in [0.2, 0.25) is 0 Å². The summed E-state index contributed by atoms with van der Waals surface area (Å²) in [5, 5.41) is 8.20. The summed E-state index contributed by atoms with van der Waals surface area (Å²) in [5.41, 5.74) is 0.929. The molecule has 3 rings (SSSR count). The fourth-order valence-electron chi connectivity index (χ4n) is 2.59. The van der Waals surface area contributed by atoms with E-state index in [-0.39, 0.29) is 6.09 Å². The highest BCUT2D eigenvalue weighted by Gasteiger charge is 2.21. The molecule has 122 valence electrons. The molecule has 7 nitrogen and oxygen atoms in total. The van der Waals surface area contributed by atoms with E-state index in [1.165, 1.54) is 7.11 Å². The Bertz CT molecular complexity index is 636. The number of carbonyl (C=O) groups is 1. The van der Waals surface area contributed by atoms with Gasteiger partial charge in [-0.3, -0.25) is 4.90 Å². The molecule has 0 spiro atoms. The van der Waals surface area contributed by atoms with Crippen LogP contribution in [0.1, 0.15) is 5.89 Å². The molecule has 23 heavy (non-hydrogen) atoms. The first-order valence-electron chi connectivity index (χ1n) is 7.69. The van der Waals surface area contributed by atoms with E-state index in [2.05, 4.69) is 15.1 Å². The normalized spacial score (nSPS) is 15.6. The summed E-state index contributed by atoms with van der Waals surface area (Å²) < 4.78 is 10.4. The van der Waals surface area contributed by atoms with E-state index in [0.717, 1.165) is 25.2 Å². The Morgan fingerprint density at radius 1 is 1.17 bits per heavy atom. The Morgan fingerprint density at radius 2 is 1.91 bits per heavy atom. The number of amides is 1. The standard InChI is InChI=1S/C16H20N4O3/c1-22-16(21)20-11-9-19(10-12-20)8-7-14-17-18-15(23-14)13-5-3-2-4-6-13/h2-6H,7-12H2,1H3. The molecule has 0 saturated carbocycles. The molecule has 1 aliphatic rings. The lowest BCUT2D eigenvalue weighted by Gasteiger charge is -2.33. The molecule has 0 bridgehead atoms. The Hall–Kier alpha value is -2.41. The van der Waals surface area contributed by atoms with Gasteiger partial charge < -0.3 is 14.1 Å². The molecule has 0 radical (unpaired) electrons. The van der Waals surface area contributed by atoms with Crippen LogP contribution in [-0.4, -0.2) is 65.9 Å². The second-order valence-corrected chi connectivity index (χ2v) is 5.42. The lowest BCUT2D eigenvalue weighted by molar-refractivity contribution is 0.0908. The number of benzene rings is 1. The fourth-order valence-corrected chi connectivity index (χ4v) is 2.59. The number of carbonyl (C=O) groups excluding carboxylic acids is 1. The van der Waals surface area contributed by atoms with Gasteiger partial charge in [0, 0.05) is 44.7 Å². The number of aromatic nitrogens is 2. The molecule has 1 amide bonds. The van der Waals surface area contributed by atoms with Gasteiger partial charge in [0.2, 0.25) is 11.8 Å². The maximum atomic E-state index is 11.4. The Kier molecular flexibility index (Phi) is 4.87. The summed E-state index contributed by atoms with van der Waals surface area (Å²) in [5.74, 6) is 1.19. The topological polar surface area (TPSA) is 71.7 Å². The lowest BCUT2D eigenvalue weighted by Crippen LogP contribution is -2.49. The van der Waals surface area contributed by atoms with Gasteiger partial charge in [-0.2, -0.15) is 0 Å². The van der Waals surface area contributed by atoms with Crippen LogP contribution in [0, 0.1) is 0 Å². The van der Waals surface area contributed by atoms with Gasteiger partial charge in [-0.1, -0.05) is 18.2 Å². The minimum Gasteiger partial charge on any atom is -0.453 e. The molecule has 1 fully saturated rings. The Morgan fingerprint density at radius 3 is 2.61 bits per heavy atom. The molecule has 2 aromatic rings. The van der Waals surface area contributed by atoms with Crippen LogP contribution in [0.4, 0.5) is 4.79 Å². The summed E-state index contributed by atoms with van der Waals surface area (Å²) in [4.78, 5) is 15.4. The van der Waals surface area contributed by atoms with Crippen molar-refractivity contribution >= 4 is 6.09 Å². The van der Waals surface area contributed by atoms with Gasteiger partial charge in [0.15, 0.2) is 0 Å². The number of piperazine rings is 1. The largest absolute Gasteiger partial charge is 0.453 e. The monoisotopic (exact) mass is 316 g/mol. The first kappa shape index (κ1) is 15.5. The summed E-state index contributed by atoms with van der Waals surface area (Å²) in [6.45, 7) is 3.87. The van der Waals surface area contributed by atoms with E-state index in [0.29, 0.717) is 31.3 Å². The minimum absolute atomic E-state index is 0.256. The van der Waals surface area contributed by atoms with Gasteiger partial charge in [0.25, 0.3) is 0 Å². The van der Waals surface area contributed by atoms with Crippen LogP contribution in [0.5, 0.6) is 0 Å². The van der Waals surface area contributed by atoms with Crippen molar-refractivity contribution in [3.63, 3.8) is 0 Å². The number of hydrogen-bond donors (Lipinski definition) is 0. The van der Waals surface area contributed by atoms with Gasteiger partial charge in [0.05, 0.1) is 7.11 Å². The first-order valence-corrected chi connectivity index (χ1v) is 7.69. The van der Waals surface area contributed by atoms with Crippen molar-refractivity contribution in [2.24, 2.45) is 0 Å². The molecule has 0 N–H and O–H groups in total. The van der Waals surface area contributed by atoms with Gasteiger partial charge >= 0.3 is 6.09 Å². The average molecular weight is 316 g/mol. The van der Waals surface area contributed by atoms with E-state index in [9.17, 15) is 4.79 Å². The van der Waals surface area contributed by atoms with E-state index in [4.69, 9.17) is 9.15 Å². The van der Waals surface area contributed by atoms with Crippen molar-refractivity contribution in [3.05, 3.63) is 36.2 Å². The molecule has 0 atom stereocenters. The SMILES string of the molecule is COC(=O)N1CCN(CCc2nnc(-c3ccccc3)o2)CC1. The number of ether oxygens (including phenoxy) is 1. The van der Waals surface area contributed by atoms with Crippen LogP contribution < -0.4 is 0 Å². The predicted octanol–water partition coefficient (Wildman–Crippen LogP) is 1.66. The maximum Gasteiger partial charge on any atom is 0.409 e. The molecular formula is C16H20N4O3. The molecule has 7 heteroatoms. The summed E-state index contributed by atoms with van der Waals surface area (Å²) >= 11 is 0. The van der Waals surface area contributed by atoms with Crippen molar-refractivity contribution in [3.8, 4) is 11.5 Å². The van der Waals surface area contributed by atoms with Crippen molar-refractivity contribution in [2.45, 2.75) is 6.42 Å². The van der Waals surface area contributed by atoms with Crippen LogP contribution in [0.3, 0.4) is 0 Å².